The highest BCUT2D eigenvalue weighted by molar-refractivity contribution is 6.31. The Morgan fingerprint density at radius 1 is 0.650 bits per heavy atom. The maximum atomic E-state index is 8.35. The van der Waals surface area contributed by atoms with Gasteiger partial charge in [0.15, 0.2) is 0 Å². The van der Waals surface area contributed by atoms with Crippen molar-refractivity contribution in [3.05, 3.63) is 58.6 Å². The lowest BCUT2D eigenvalue weighted by Crippen LogP contribution is -1.76. The molecule has 4 nitrogen and oxygen atoms in total. The van der Waals surface area contributed by atoms with E-state index in [4.69, 9.17) is 43.6 Å². The Labute approximate surface area is 126 Å². The van der Waals surface area contributed by atoms with Gasteiger partial charge in [0.05, 0.1) is 0 Å². The van der Waals surface area contributed by atoms with Crippen LogP contribution < -0.4 is 0 Å². The van der Waals surface area contributed by atoms with Crippen LogP contribution >= 0.6 is 23.2 Å². The number of halogens is 2. The van der Waals surface area contributed by atoms with Gasteiger partial charge in [0.2, 0.25) is 12.2 Å². The highest BCUT2D eigenvalue weighted by Crippen LogP contribution is 2.22. The predicted octanol–water partition coefficient (Wildman–Crippen LogP) is 4.46. The Balaban J connectivity index is 0.000000520. The van der Waals surface area contributed by atoms with Gasteiger partial charge >= 0.3 is 0 Å². The minimum atomic E-state index is 0.750. The topological polar surface area (TPSA) is 81.8 Å². The van der Waals surface area contributed by atoms with E-state index in [-0.39, 0.29) is 0 Å². The third-order valence-corrected chi connectivity index (χ3v) is 2.53. The van der Waals surface area contributed by atoms with E-state index < -0.39 is 0 Å². The summed E-state index contributed by atoms with van der Waals surface area (Å²) >= 11 is 11.6. The first-order valence-electron chi connectivity index (χ1n) is 5.18. The van der Waals surface area contributed by atoms with Gasteiger partial charge < -0.3 is 0 Å². The molecule has 0 aliphatic heterocycles. The molecule has 0 radical (unpaired) electrons. The van der Waals surface area contributed by atoms with E-state index in [0.717, 1.165) is 33.3 Å². The quantitative estimate of drug-likeness (QED) is 0.602. The van der Waals surface area contributed by atoms with Gasteiger partial charge in [-0.15, -0.1) is 0 Å². The first-order chi connectivity index (χ1) is 9.58. The Morgan fingerprint density at radius 2 is 0.850 bits per heavy atom. The molecule has 6 heteroatoms. The molecule has 0 aliphatic carbocycles. The van der Waals surface area contributed by atoms with Crippen molar-refractivity contribution in [2.75, 3.05) is 0 Å². The molecule has 0 heterocycles. The summed E-state index contributed by atoms with van der Waals surface area (Å²) in [7, 11) is 0. The zero-order valence-corrected chi connectivity index (χ0v) is 11.7. The second-order valence-electron chi connectivity index (χ2n) is 3.22. The summed E-state index contributed by atoms with van der Waals surface area (Å²) in [4.78, 5) is 16.7. The van der Waals surface area contributed by atoms with E-state index in [1.54, 1.807) is 0 Å². The highest BCUT2D eigenvalue weighted by atomic mass is 35.5. The van der Waals surface area contributed by atoms with Crippen molar-refractivity contribution in [1.82, 2.24) is 0 Å². The molecule has 2 N–H and O–H groups in total. The van der Waals surface area contributed by atoms with Crippen LogP contribution in [0.1, 0.15) is 0 Å². The lowest BCUT2D eigenvalue weighted by atomic mass is 10.1. The summed E-state index contributed by atoms with van der Waals surface area (Å²) < 4.78 is 0. The van der Waals surface area contributed by atoms with Crippen molar-refractivity contribution in [1.29, 1.82) is 10.8 Å². The first-order valence-corrected chi connectivity index (χ1v) is 5.93. The second kappa shape index (κ2) is 10.7. The lowest BCUT2D eigenvalue weighted by molar-refractivity contribution is 0.562. The minimum absolute atomic E-state index is 0.750. The fourth-order valence-corrected chi connectivity index (χ4v) is 1.54. The van der Waals surface area contributed by atoms with Crippen molar-refractivity contribution in [3.8, 4) is 11.1 Å². The standard InChI is InChI=1S/C12H8Cl2.2CHNO/c13-11-5-1-9(2-6-11)10-3-7-12(14)8-4-10;2*2-1-3/h1-8H;2*2H. The van der Waals surface area contributed by atoms with E-state index in [1.807, 2.05) is 48.5 Å². The zero-order chi connectivity index (χ0) is 15.4. The van der Waals surface area contributed by atoms with E-state index >= 15 is 0 Å². The molecule has 2 aromatic carbocycles. The average Bonchev–Trinajstić information content (AvgIpc) is 2.42. The van der Waals surface area contributed by atoms with Crippen molar-refractivity contribution in [3.63, 3.8) is 0 Å². The number of benzene rings is 2. The van der Waals surface area contributed by atoms with Crippen LogP contribution in [-0.4, -0.2) is 12.2 Å². The molecule has 0 unspecified atom stereocenters. The van der Waals surface area contributed by atoms with Crippen LogP contribution in [-0.2, 0) is 9.59 Å². The maximum Gasteiger partial charge on any atom is 0.231 e. The van der Waals surface area contributed by atoms with Crippen LogP contribution in [0.15, 0.2) is 48.5 Å². The van der Waals surface area contributed by atoms with E-state index in [1.165, 1.54) is 0 Å². The molecule has 0 spiro atoms. The van der Waals surface area contributed by atoms with Gasteiger partial charge in [0, 0.05) is 10.0 Å². The molecule has 2 aromatic rings. The number of rotatable bonds is 1. The molecule has 0 saturated heterocycles. The maximum absolute atomic E-state index is 8.35. The van der Waals surface area contributed by atoms with Crippen molar-refractivity contribution in [2.45, 2.75) is 0 Å². The molecule has 0 atom stereocenters. The molecule has 20 heavy (non-hydrogen) atoms. The molecule has 2 rings (SSSR count). The number of isocyanates is 2. The van der Waals surface area contributed by atoms with Crippen LogP contribution in [0.25, 0.3) is 11.1 Å². The van der Waals surface area contributed by atoms with Gasteiger partial charge in [-0.3, -0.25) is 0 Å². The highest BCUT2D eigenvalue weighted by Gasteiger charge is 1.96. The molecule has 0 aliphatic rings. The van der Waals surface area contributed by atoms with Gasteiger partial charge in [-0.2, -0.15) is 0 Å². The van der Waals surface area contributed by atoms with Gasteiger partial charge in [-0.25, -0.2) is 20.4 Å². The molecule has 102 valence electrons. The summed E-state index contributed by atoms with van der Waals surface area (Å²) in [5.74, 6) is 0. The average molecular weight is 309 g/mol. The summed E-state index contributed by atoms with van der Waals surface area (Å²) in [5.41, 5.74) is 2.29. The van der Waals surface area contributed by atoms with E-state index in [0.29, 0.717) is 0 Å². The summed E-state index contributed by atoms with van der Waals surface area (Å²) in [6.07, 6.45) is 1.50. The summed E-state index contributed by atoms with van der Waals surface area (Å²) in [6.45, 7) is 0. The zero-order valence-electron chi connectivity index (χ0n) is 10.2. The van der Waals surface area contributed by atoms with Gasteiger partial charge in [-0.05, 0) is 35.4 Å². The molecule has 0 amide bonds. The fourth-order valence-electron chi connectivity index (χ4n) is 1.28. The van der Waals surface area contributed by atoms with Crippen LogP contribution in [0.5, 0.6) is 0 Å². The monoisotopic (exact) mass is 308 g/mol. The summed E-state index contributed by atoms with van der Waals surface area (Å²) in [6, 6.07) is 15.5. The number of nitrogens with one attached hydrogen (secondary N) is 2. The number of carbonyl (C=O) groups excluding carboxylic acids is 2. The van der Waals surface area contributed by atoms with Crippen LogP contribution in [0.4, 0.5) is 0 Å². The van der Waals surface area contributed by atoms with Crippen molar-refractivity contribution >= 4 is 35.4 Å². The molecule has 0 aromatic heterocycles. The molecular formula is C14H10Cl2N2O2. The smallest absolute Gasteiger partial charge is 0.222 e. The van der Waals surface area contributed by atoms with E-state index in [2.05, 4.69) is 0 Å². The third-order valence-electron chi connectivity index (χ3n) is 2.02. The Bertz CT molecular complexity index is 528. The lowest BCUT2D eigenvalue weighted by Gasteiger charge is -2.01. The van der Waals surface area contributed by atoms with Crippen LogP contribution in [0, 0.1) is 10.8 Å². The van der Waals surface area contributed by atoms with Gasteiger partial charge in [0.1, 0.15) is 0 Å². The molecule has 0 bridgehead atoms. The van der Waals surface area contributed by atoms with Crippen LogP contribution in [0.2, 0.25) is 10.0 Å². The Morgan fingerprint density at radius 3 is 1.05 bits per heavy atom. The number of hydrogen-bond acceptors (Lipinski definition) is 4. The largest absolute Gasteiger partial charge is 0.231 e. The minimum Gasteiger partial charge on any atom is -0.222 e. The van der Waals surface area contributed by atoms with E-state index in [9.17, 15) is 0 Å². The van der Waals surface area contributed by atoms with Crippen molar-refractivity contribution < 1.29 is 9.59 Å². The molecular weight excluding hydrogens is 299 g/mol. The Kier molecular flexibility index (Phi) is 9.49. The van der Waals surface area contributed by atoms with Gasteiger partial charge in [-0.1, -0.05) is 47.5 Å². The van der Waals surface area contributed by atoms with Crippen molar-refractivity contribution in [2.24, 2.45) is 0 Å². The Hall–Kier alpha value is -2.22. The normalized spacial score (nSPS) is 7.90. The number of hydrogen-bond donors (Lipinski definition) is 2. The molecule has 0 fully saturated rings. The first kappa shape index (κ1) is 17.8. The molecule has 0 saturated carbocycles. The third kappa shape index (κ3) is 7.27. The van der Waals surface area contributed by atoms with Gasteiger partial charge in [0.25, 0.3) is 0 Å². The van der Waals surface area contributed by atoms with Crippen LogP contribution in [0.3, 0.4) is 0 Å². The fraction of sp³-hybridized carbons (Fsp3) is 0. The SMILES string of the molecule is Clc1ccc(-c2ccc(Cl)cc2)cc1.N=C=O.N=C=O. The summed E-state index contributed by atoms with van der Waals surface area (Å²) in [5, 5.41) is 12.3. The predicted molar refractivity (Wildman–Crippen MR) is 78.7 cm³/mol. The second-order valence-corrected chi connectivity index (χ2v) is 4.09.